The fraction of sp³-hybridized carbons (Fsp3) is 0.476. The zero-order chi connectivity index (χ0) is 22.0. The molecule has 2 aromatic rings. The van der Waals surface area contributed by atoms with Gasteiger partial charge in [0.1, 0.15) is 17.5 Å². The standard InChI is InChI=1S/C21H26Cl2FN5O/c1-12(2)20-25-13(3)9-19(27-20)28-5-7-29(8-6-28)21(30)26-14(4)15-10-18(24)17(23)11-16(15)22/h9-12,14H,5-8H2,1-4H3,(H,26,30). The molecule has 1 atom stereocenters. The Morgan fingerprint density at radius 2 is 1.73 bits per heavy atom. The molecule has 1 N–H and O–H groups in total. The number of amides is 2. The van der Waals surface area contributed by atoms with Crippen LogP contribution in [0.3, 0.4) is 0 Å². The number of aromatic nitrogens is 2. The zero-order valence-electron chi connectivity index (χ0n) is 17.5. The maximum atomic E-state index is 13.8. The minimum atomic E-state index is -0.563. The molecule has 1 aliphatic heterocycles. The van der Waals surface area contributed by atoms with Crippen molar-refractivity contribution in [2.24, 2.45) is 0 Å². The molecule has 3 rings (SSSR count). The van der Waals surface area contributed by atoms with Crippen molar-refractivity contribution in [3.05, 3.63) is 51.1 Å². The van der Waals surface area contributed by atoms with Crippen LogP contribution in [0, 0.1) is 12.7 Å². The summed E-state index contributed by atoms with van der Waals surface area (Å²) in [6, 6.07) is 3.92. The van der Waals surface area contributed by atoms with Gasteiger partial charge in [-0.05, 0) is 31.5 Å². The van der Waals surface area contributed by atoms with E-state index in [1.165, 1.54) is 12.1 Å². The monoisotopic (exact) mass is 453 g/mol. The number of carbonyl (C=O) groups is 1. The summed E-state index contributed by atoms with van der Waals surface area (Å²) in [6.07, 6.45) is 0. The second kappa shape index (κ2) is 9.35. The van der Waals surface area contributed by atoms with E-state index in [1.807, 2.05) is 13.0 Å². The lowest BCUT2D eigenvalue weighted by molar-refractivity contribution is 0.191. The van der Waals surface area contributed by atoms with Gasteiger partial charge in [0.2, 0.25) is 0 Å². The fourth-order valence-corrected chi connectivity index (χ4v) is 3.90. The third-order valence-corrected chi connectivity index (χ3v) is 5.73. The van der Waals surface area contributed by atoms with E-state index in [2.05, 4.69) is 34.0 Å². The molecule has 0 aliphatic carbocycles. The van der Waals surface area contributed by atoms with Gasteiger partial charge in [0.25, 0.3) is 0 Å². The molecular formula is C21H26Cl2FN5O. The van der Waals surface area contributed by atoms with E-state index in [-0.39, 0.29) is 17.0 Å². The number of piperazine rings is 1. The summed E-state index contributed by atoms with van der Waals surface area (Å²) in [4.78, 5) is 25.8. The summed E-state index contributed by atoms with van der Waals surface area (Å²) in [5.74, 6) is 1.41. The second-order valence-electron chi connectivity index (χ2n) is 7.81. The van der Waals surface area contributed by atoms with Gasteiger partial charge in [-0.3, -0.25) is 0 Å². The van der Waals surface area contributed by atoms with E-state index in [1.54, 1.807) is 11.8 Å². The van der Waals surface area contributed by atoms with Crippen LogP contribution in [0.15, 0.2) is 18.2 Å². The van der Waals surface area contributed by atoms with Crippen molar-refractivity contribution in [2.75, 3.05) is 31.1 Å². The number of urea groups is 1. The van der Waals surface area contributed by atoms with Crippen LogP contribution < -0.4 is 10.2 Å². The number of carbonyl (C=O) groups excluding carboxylic acids is 1. The number of benzene rings is 1. The summed E-state index contributed by atoms with van der Waals surface area (Å²) in [5, 5.41) is 3.17. The Balaban J connectivity index is 1.61. The number of nitrogens with zero attached hydrogens (tertiary/aromatic N) is 4. The van der Waals surface area contributed by atoms with Crippen LogP contribution in [-0.4, -0.2) is 47.1 Å². The Bertz CT molecular complexity index is 932. The topological polar surface area (TPSA) is 61.4 Å². The van der Waals surface area contributed by atoms with Gasteiger partial charge in [-0.15, -0.1) is 0 Å². The number of aryl methyl sites for hydroxylation is 1. The Morgan fingerprint density at radius 3 is 2.37 bits per heavy atom. The first-order valence-electron chi connectivity index (χ1n) is 9.96. The van der Waals surface area contributed by atoms with Gasteiger partial charge in [-0.2, -0.15) is 0 Å². The lowest BCUT2D eigenvalue weighted by Crippen LogP contribution is -2.52. The van der Waals surface area contributed by atoms with Gasteiger partial charge in [0.15, 0.2) is 0 Å². The number of hydrogen-bond acceptors (Lipinski definition) is 4. The van der Waals surface area contributed by atoms with E-state index in [0.29, 0.717) is 36.8 Å². The molecule has 2 amide bonds. The van der Waals surface area contributed by atoms with Crippen LogP contribution in [0.25, 0.3) is 0 Å². The Hall–Kier alpha value is -2.12. The van der Waals surface area contributed by atoms with Crippen LogP contribution >= 0.6 is 23.2 Å². The highest BCUT2D eigenvalue weighted by Gasteiger charge is 2.24. The molecule has 9 heteroatoms. The zero-order valence-corrected chi connectivity index (χ0v) is 19.1. The quantitative estimate of drug-likeness (QED) is 0.665. The van der Waals surface area contributed by atoms with Crippen molar-refractivity contribution in [3.8, 4) is 0 Å². The van der Waals surface area contributed by atoms with Crippen molar-refractivity contribution in [1.29, 1.82) is 0 Å². The lowest BCUT2D eigenvalue weighted by atomic mass is 10.1. The molecule has 0 spiro atoms. The van der Waals surface area contributed by atoms with Crippen molar-refractivity contribution in [1.82, 2.24) is 20.2 Å². The number of halogens is 3. The van der Waals surface area contributed by atoms with Crippen molar-refractivity contribution < 1.29 is 9.18 Å². The summed E-state index contributed by atoms with van der Waals surface area (Å²) in [7, 11) is 0. The van der Waals surface area contributed by atoms with Crippen molar-refractivity contribution in [2.45, 2.75) is 39.7 Å². The molecule has 1 aromatic heterocycles. The third kappa shape index (κ3) is 5.13. The van der Waals surface area contributed by atoms with E-state index < -0.39 is 11.9 Å². The van der Waals surface area contributed by atoms with Crippen molar-refractivity contribution >= 4 is 35.1 Å². The number of rotatable bonds is 4. The Morgan fingerprint density at radius 1 is 1.07 bits per heavy atom. The van der Waals surface area contributed by atoms with Crippen LogP contribution in [0.4, 0.5) is 15.0 Å². The molecule has 1 aliphatic rings. The molecule has 2 heterocycles. The van der Waals surface area contributed by atoms with Crippen LogP contribution in [0.5, 0.6) is 0 Å². The summed E-state index contributed by atoms with van der Waals surface area (Å²) in [6.45, 7) is 10.3. The molecule has 1 fully saturated rings. The summed E-state index contributed by atoms with van der Waals surface area (Å²) >= 11 is 11.9. The first-order chi connectivity index (χ1) is 14.2. The van der Waals surface area contributed by atoms with E-state index in [9.17, 15) is 9.18 Å². The second-order valence-corrected chi connectivity index (χ2v) is 8.63. The summed E-state index contributed by atoms with van der Waals surface area (Å²) in [5.41, 5.74) is 1.42. The largest absolute Gasteiger partial charge is 0.353 e. The minimum absolute atomic E-state index is 0.0426. The first kappa shape index (κ1) is 22.6. The van der Waals surface area contributed by atoms with Gasteiger partial charge in [0.05, 0.1) is 11.1 Å². The lowest BCUT2D eigenvalue weighted by Gasteiger charge is -2.36. The molecule has 0 saturated carbocycles. The molecule has 1 saturated heterocycles. The van der Waals surface area contributed by atoms with Crippen LogP contribution in [-0.2, 0) is 0 Å². The number of nitrogens with one attached hydrogen (secondary N) is 1. The highest BCUT2D eigenvalue weighted by Crippen LogP contribution is 2.29. The van der Waals surface area contributed by atoms with Gasteiger partial charge < -0.3 is 15.1 Å². The third-order valence-electron chi connectivity index (χ3n) is 5.11. The molecule has 0 bridgehead atoms. The van der Waals surface area contributed by atoms with Gasteiger partial charge in [-0.25, -0.2) is 19.2 Å². The molecule has 30 heavy (non-hydrogen) atoms. The fourth-order valence-electron chi connectivity index (χ4n) is 3.36. The van der Waals surface area contributed by atoms with Crippen LogP contribution in [0.2, 0.25) is 10.0 Å². The Kier molecular flexibility index (Phi) is 7.03. The molecular weight excluding hydrogens is 428 g/mol. The van der Waals surface area contributed by atoms with Gasteiger partial charge in [0, 0.05) is 48.9 Å². The maximum Gasteiger partial charge on any atom is 0.317 e. The highest BCUT2D eigenvalue weighted by atomic mass is 35.5. The molecule has 162 valence electrons. The van der Waals surface area contributed by atoms with E-state index in [4.69, 9.17) is 23.2 Å². The summed E-state index contributed by atoms with van der Waals surface area (Å²) < 4.78 is 13.8. The van der Waals surface area contributed by atoms with Gasteiger partial charge in [-0.1, -0.05) is 37.0 Å². The average Bonchev–Trinajstić information content (AvgIpc) is 2.70. The highest BCUT2D eigenvalue weighted by molar-refractivity contribution is 6.35. The minimum Gasteiger partial charge on any atom is -0.353 e. The molecule has 6 nitrogen and oxygen atoms in total. The smallest absolute Gasteiger partial charge is 0.317 e. The first-order valence-corrected chi connectivity index (χ1v) is 10.7. The van der Waals surface area contributed by atoms with Crippen molar-refractivity contribution in [3.63, 3.8) is 0 Å². The predicted octanol–water partition coefficient (Wildman–Crippen LogP) is 4.95. The molecule has 1 aromatic carbocycles. The number of hydrogen-bond donors (Lipinski definition) is 1. The maximum absolute atomic E-state index is 13.8. The predicted molar refractivity (Wildman–Crippen MR) is 118 cm³/mol. The van der Waals surface area contributed by atoms with E-state index in [0.717, 1.165) is 17.3 Å². The van der Waals surface area contributed by atoms with Gasteiger partial charge >= 0.3 is 6.03 Å². The number of anilines is 1. The molecule has 0 radical (unpaired) electrons. The normalized spacial score (nSPS) is 15.5. The van der Waals surface area contributed by atoms with Crippen LogP contribution in [0.1, 0.15) is 49.8 Å². The average molecular weight is 454 g/mol. The van der Waals surface area contributed by atoms with E-state index >= 15 is 0 Å². The molecule has 1 unspecified atom stereocenters. The SMILES string of the molecule is Cc1cc(N2CCN(C(=O)NC(C)c3cc(F)c(Cl)cc3Cl)CC2)nc(C(C)C)n1. The Labute approximate surface area is 186 Å².